The second kappa shape index (κ2) is 6.33. The van der Waals surface area contributed by atoms with Crippen LogP contribution in [0.3, 0.4) is 0 Å². The summed E-state index contributed by atoms with van der Waals surface area (Å²) in [5, 5.41) is 4.61. The Labute approximate surface area is 102 Å². The molecule has 0 aliphatic rings. The standard InChI is InChI=1S/C14H18N2O/c1-17-11-10-15-9-7-12-4-2-6-14-13(12)5-3-8-16-14/h2-6,8,15H,7,9-11H2,1H3. The first-order valence-electron chi connectivity index (χ1n) is 5.94. The largest absolute Gasteiger partial charge is 0.383 e. The van der Waals surface area contributed by atoms with Crippen LogP contribution in [0.4, 0.5) is 0 Å². The summed E-state index contributed by atoms with van der Waals surface area (Å²) >= 11 is 0. The molecule has 3 nitrogen and oxygen atoms in total. The average Bonchev–Trinajstić information content (AvgIpc) is 2.39. The van der Waals surface area contributed by atoms with Gasteiger partial charge in [0.1, 0.15) is 0 Å². The molecule has 0 aliphatic carbocycles. The summed E-state index contributed by atoms with van der Waals surface area (Å²) in [6, 6.07) is 10.4. The second-order valence-corrected chi connectivity index (χ2v) is 3.98. The molecule has 1 aromatic heterocycles. The molecule has 1 aromatic carbocycles. The lowest BCUT2D eigenvalue weighted by atomic mass is 10.1. The van der Waals surface area contributed by atoms with E-state index in [2.05, 4.69) is 34.6 Å². The topological polar surface area (TPSA) is 34.1 Å². The number of hydrogen-bond donors (Lipinski definition) is 1. The number of pyridine rings is 1. The summed E-state index contributed by atoms with van der Waals surface area (Å²) in [6.45, 7) is 2.63. The number of hydrogen-bond acceptors (Lipinski definition) is 3. The molecule has 1 heterocycles. The number of rotatable bonds is 6. The Kier molecular flexibility index (Phi) is 4.47. The highest BCUT2D eigenvalue weighted by molar-refractivity contribution is 5.81. The lowest BCUT2D eigenvalue weighted by molar-refractivity contribution is 0.199. The molecule has 0 saturated carbocycles. The van der Waals surface area contributed by atoms with E-state index in [1.165, 1.54) is 10.9 Å². The van der Waals surface area contributed by atoms with Crippen molar-refractivity contribution >= 4 is 10.9 Å². The van der Waals surface area contributed by atoms with Crippen molar-refractivity contribution in [3.63, 3.8) is 0 Å². The molecule has 0 spiro atoms. The van der Waals surface area contributed by atoms with E-state index in [1.807, 2.05) is 12.3 Å². The minimum absolute atomic E-state index is 0.761. The first-order valence-corrected chi connectivity index (χ1v) is 5.94. The third kappa shape index (κ3) is 3.25. The van der Waals surface area contributed by atoms with Gasteiger partial charge in [-0.15, -0.1) is 0 Å². The number of aromatic nitrogens is 1. The molecule has 0 radical (unpaired) electrons. The van der Waals surface area contributed by atoms with Gasteiger partial charge >= 0.3 is 0 Å². The monoisotopic (exact) mass is 230 g/mol. The molecular formula is C14H18N2O. The number of ether oxygens (including phenoxy) is 1. The SMILES string of the molecule is COCCNCCc1cccc2ncccc12. The molecule has 1 N–H and O–H groups in total. The number of nitrogens with one attached hydrogen (secondary N) is 1. The summed E-state index contributed by atoms with van der Waals surface area (Å²) < 4.78 is 4.99. The van der Waals surface area contributed by atoms with E-state index in [4.69, 9.17) is 4.74 Å². The van der Waals surface area contributed by atoms with E-state index in [0.29, 0.717) is 0 Å². The van der Waals surface area contributed by atoms with Crippen LogP contribution in [0.15, 0.2) is 36.5 Å². The summed E-state index contributed by atoms with van der Waals surface area (Å²) in [7, 11) is 1.72. The molecule has 90 valence electrons. The van der Waals surface area contributed by atoms with Crippen LogP contribution in [0, 0.1) is 0 Å². The maximum Gasteiger partial charge on any atom is 0.0704 e. The van der Waals surface area contributed by atoms with E-state index < -0.39 is 0 Å². The molecule has 0 amide bonds. The van der Waals surface area contributed by atoms with Gasteiger partial charge in [-0.2, -0.15) is 0 Å². The second-order valence-electron chi connectivity index (χ2n) is 3.98. The van der Waals surface area contributed by atoms with Gasteiger partial charge in [-0.05, 0) is 30.7 Å². The first-order chi connectivity index (χ1) is 8.42. The number of benzene rings is 1. The third-order valence-corrected chi connectivity index (χ3v) is 2.79. The molecule has 0 atom stereocenters. The smallest absolute Gasteiger partial charge is 0.0704 e. The van der Waals surface area contributed by atoms with E-state index >= 15 is 0 Å². The third-order valence-electron chi connectivity index (χ3n) is 2.79. The zero-order valence-corrected chi connectivity index (χ0v) is 10.1. The molecule has 2 aromatic rings. The van der Waals surface area contributed by atoms with Gasteiger partial charge in [0.15, 0.2) is 0 Å². The van der Waals surface area contributed by atoms with Crippen molar-refractivity contribution in [3.05, 3.63) is 42.1 Å². The Balaban J connectivity index is 1.98. The van der Waals surface area contributed by atoms with Crippen LogP contribution in [0.5, 0.6) is 0 Å². The molecule has 2 rings (SSSR count). The van der Waals surface area contributed by atoms with Crippen molar-refractivity contribution in [2.24, 2.45) is 0 Å². The Hall–Kier alpha value is -1.45. The predicted molar refractivity (Wildman–Crippen MR) is 70.2 cm³/mol. The van der Waals surface area contributed by atoms with Gasteiger partial charge in [-0.3, -0.25) is 4.98 Å². The lowest BCUT2D eigenvalue weighted by Crippen LogP contribution is -2.21. The molecule has 3 heteroatoms. The quantitative estimate of drug-likeness (QED) is 0.771. The van der Waals surface area contributed by atoms with E-state index in [0.717, 1.165) is 31.6 Å². The summed E-state index contributed by atoms with van der Waals surface area (Å²) in [5.74, 6) is 0. The van der Waals surface area contributed by atoms with Crippen molar-refractivity contribution in [3.8, 4) is 0 Å². The minimum Gasteiger partial charge on any atom is -0.383 e. The van der Waals surface area contributed by atoms with Gasteiger partial charge in [0, 0.05) is 25.2 Å². The highest BCUT2D eigenvalue weighted by Crippen LogP contribution is 2.16. The van der Waals surface area contributed by atoms with Gasteiger partial charge in [0.2, 0.25) is 0 Å². The van der Waals surface area contributed by atoms with Crippen molar-refractivity contribution < 1.29 is 4.74 Å². The van der Waals surface area contributed by atoms with Gasteiger partial charge in [0.05, 0.1) is 12.1 Å². The lowest BCUT2D eigenvalue weighted by Gasteiger charge is -2.07. The molecular weight excluding hydrogens is 212 g/mol. The van der Waals surface area contributed by atoms with Gasteiger partial charge in [-0.25, -0.2) is 0 Å². The fourth-order valence-electron chi connectivity index (χ4n) is 1.91. The van der Waals surface area contributed by atoms with Crippen LogP contribution in [-0.2, 0) is 11.2 Å². The summed E-state index contributed by atoms with van der Waals surface area (Å²) in [4.78, 5) is 4.36. The zero-order valence-electron chi connectivity index (χ0n) is 10.1. The van der Waals surface area contributed by atoms with Gasteiger partial charge in [0.25, 0.3) is 0 Å². The van der Waals surface area contributed by atoms with Crippen molar-refractivity contribution in [2.75, 3.05) is 26.8 Å². The predicted octanol–water partition coefficient (Wildman–Crippen LogP) is 2.01. The highest BCUT2D eigenvalue weighted by atomic mass is 16.5. The highest BCUT2D eigenvalue weighted by Gasteiger charge is 2.00. The Morgan fingerprint density at radius 2 is 2.12 bits per heavy atom. The van der Waals surface area contributed by atoms with Crippen LogP contribution in [0.25, 0.3) is 10.9 Å². The van der Waals surface area contributed by atoms with E-state index in [9.17, 15) is 0 Å². The number of methoxy groups -OCH3 is 1. The molecule has 0 bridgehead atoms. The fraction of sp³-hybridized carbons (Fsp3) is 0.357. The van der Waals surface area contributed by atoms with E-state index in [-0.39, 0.29) is 0 Å². The van der Waals surface area contributed by atoms with Crippen LogP contribution in [0.1, 0.15) is 5.56 Å². The average molecular weight is 230 g/mol. The Bertz CT molecular complexity index is 465. The molecule has 0 fully saturated rings. The van der Waals surface area contributed by atoms with Gasteiger partial charge in [-0.1, -0.05) is 18.2 Å². The van der Waals surface area contributed by atoms with Crippen LogP contribution < -0.4 is 5.32 Å². The summed E-state index contributed by atoms with van der Waals surface area (Å²) in [6.07, 6.45) is 2.86. The minimum atomic E-state index is 0.761. The maximum atomic E-state index is 4.99. The molecule has 0 unspecified atom stereocenters. The molecule has 17 heavy (non-hydrogen) atoms. The van der Waals surface area contributed by atoms with Crippen molar-refractivity contribution in [1.29, 1.82) is 0 Å². The van der Waals surface area contributed by atoms with E-state index in [1.54, 1.807) is 7.11 Å². The van der Waals surface area contributed by atoms with Crippen molar-refractivity contribution in [2.45, 2.75) is 6.42 Å². The fourth-order valence-corrected chi connectivity index (χ4v) is 1.91. The van der Waals surface area contributed by atoms with Gasteiger partial charge < -0.3 is 10.1 Å². The summed E-state index contributed by atoms with van der Waals surface area (Å²) in [5.41, 5.74) is 2.42. The maximum absolute atomic E-state index is 4.99. The normalized spacial score (nSPS) is 10.9. The first kappa shape index (κ1) is 12.0. The van der Waals surface area contributed by atoms with Crippen molar-refractivity contribution in [1.82, 2.24) is 10.3 Å². The Morgan fingerprint density at radius 1 is 1.18 bits per heavy atom. The number of nitrogens with zero attached hydrogens (tertiary/aromatic N) is 1. The number of fused-ring (bicyclic) bond motifs is 1. The van der Waals surface area contributed by atoms with Crippen LogP contribution in [0.2, 0.25) is 0 Å². The van der Waals surface area contributed by atoms with Crippen LogP contribution >= 0.6 is 0 Å². The van der Waals surface area contributed by atoms with Crippen LogP contribution in [-0.4, -0.2) is 31.8 Å². The molecule has 0 aliphatic heterocycles. The molecule has 0 saturated heterocycles. The zero-order chi connectivity index (χ0) is 11.9. The Morgan fingerprint density at radius 3 is 3.00 bits per heavy atom.